The third-order valence-corrected chi connectivity index (χ3v) is 5.48. The van der Waals surface area contributed by atoms with Gasteiger partial charge in [-0.15, -0.1) is 0 Å². The van der Waals surface area contributed by atoms with Crippen molar-refractivity contribution >= 4 is 11.9 Å². The first-order chi connectivity index (χ1) is 13.0. The van der Waals surface area contributed by atoms with E-state index in [9.17, 15) is 14.4 Å². The summed E-state index contributed by atoms with van der Waals surface area (Å²) in [5.41, 5.74) is 2.71. The van der Waals surface area contributed by atoms with E-state index < -0.39 is 5.97 Å². The summed E-state index contributed by atoms with van der Waals surface area (Å²) >= 11 is 0. The van der Waals surface area contributed by atoms with Crippen molar-refractivity contribution < 1.29 is 14.7 Å². The molecule has 0 saturated carbocycles. The van der Waals surface area contributed by atoms with Gasteiger partial charge in [0.25, 0.3) is 11.5 Å². The highest BCUT2D eigenvalue weighted by Gasteiger charge is 2.29. The van der Waals surface area contributed by atoms with Crippen LogP contribution in [-0.2, 0) is 24.2 Å². The van der Waals surface area contributed by atoms with Gasteiger partial charge in [0, 0.05) is 36.6 Å². The number of hydrogen-bond acceptors (Lipinski definition) is 4. The molecule has 2 aromatic heterocycles. The molecule has 1 aliphatic heterocycles. The molecule has 142 valence electrons. The van der Waals surface area contributed by atoms with E-state index in [1.165, 1.54) is 4.68 Å². The van der Waals surface area contributed by atoms with Gasteiger partial charge in [0.1, 0.15) is 12.1 Å². The number of aromatic nitrogens is 3. The molecule has 0 bridgehead atoms. The Bertz CT molecular complexity index is 945. The molecule has 2 N–H and O–H groups in total. The molecular weight excluding hydrogens is 348 g/mol. The summed E-state index contributed by atoms with van der Waals surface area (Å²) in [4.78, 5) is 40.9. The molecule has 1 atom stereocenters. The minimum absolute atomic E-state index is 0.0121. The summed E-state index contributed by atoms with van der Waals surface area (Å²) in [5, 5.41) is 13.1. The molecule has 3 heterocycles. The van der Waals surface area contributed by atoms with Gasteiger partial charge < -0.3 is 15.0 Å². The number of carbonyl (C=O) groups excluding carboxylic acids is 1. The Kier molecular flexibility index (Phi) is 4.55. The van der Waals surface area contributed by atoms with Crippen molar-refractivity contribution in [1.29, 1.82) is 0 Å². The molecule has 1 saturated heterocycles. The number of amides is 1. The molecule has 1 amide bonds. The summed E-state index contributed by atoms with van der Waals surface area (Å²) in [6.07, 6.45) is 6.00. The number of rotatable bonds is 4. The highest BCUT2D eigenvalue weighted by molar-refractivity contribution is 5.94. The van der Waals surface area contributed by atoms with Gasteiger partial charge in [-0.25, -0.2) is 0 Å². The molecule has 0 spiro atoms. The quantitative estimate of drug-likeness (QED) is 0.840. The summed E-state index contributed by atoms with van der Waals surface area (Å²) < 4.78 is 1.48. The second-order valence-corrected chi connectivity index (χ2v) is 7.27. The van der Waals surface area contributed by atoms with Gasteiger partial charge in [-0.1, -0.05) is 0 Å². The van der Waals surface area contributed by atoms with Crippen molar-refractivity contribution in [1.82, 2.24) is 19.7 Å². The van der Waals surface area contributed by atoms with E-state index in [1.807, 2.05) is 6.07 Å². The standard InChI is InChI=1S/C19H22N4O4/c24-17(25)11-23-16(6-7-20-23)13-4-2-8-22(10-13)19(27)14-9-12-3-1-5-15(12)21-18(14)26/h6-7,9,13H,1-5,8,10-11H2,(H,21,26)(H,24,25). The first kappa shape index (κ1) is 17.5. The van der Waals surface area contributed by atoms with Crippen LogP contribution in [0.25, 0.3) is 0 Å². The van der Waals surface area contributed by atoms with Crippen LogP contribution in [0.2, 0.25) is 0 Å². The largest absolute Gasteiger partial charge is 0.480 e. The van der Waals surface area contributed by atoms with E-state index in [1.54, 1.807) is 17.2 Å². The number of pyridine rings is 1. The Morgan fingerprint density at radius 1 is 1.30 bits per heavy atom. The smallest absolute Gasteiger partial charge is 0.325 e. The second kappa shape index (κ2) is 7.02. The summed E-state index contributed by atoms with van der Waals surface area (Å²) in [5.74, 6) is -1.19. The van der Waals surface area contributed by atoms with E-state index in [4.69, 9.17) is 5.11 Å². The molecule has 0 radical (unpaired) electrons. The number of nitrogens with one attached hydrogen (secondary N) is 1. The number of aromatic amines is 1. The molecule has 27 heavy (non-hydrogen) atoms. The van der Waals surface area contributed by atoms with Crippen LogP contribution in [0.1, 0.15) is 52.5 Å². The van der Waals surface area contributed by atoms with Crippen LogP contribution in [0, 0.1) is 0 Å². The Morgan fingerprint density at radius 2 is 2.15 bits per heavy atom. The molecule has 1 fully saturated rings. The lowest BCUT2D eigenvalue weighted by Crippen LogP contribution is -2.41. The van der Waals surface area contributed by atoms with Crippen molar-refractivity contribution in [3.05, 3.63) is 51.2 Å². The molecular formula is C19H22N4O4. The van der Waals surface area contributed by atoms with Gasteiger partial charge in [0.05, 0.1) is 0 Å². The average molecular weight is 370 g/mol. The zero-order chi connectivity index (χ0) is 19.0. The Hall–Kier alpha value is -2.90. The Labute approximate surface area is 155 Å². The second-order valence-electron chi connectivity index (χ2n) is 7.27. The first-order valence-electron chi connectivity index (χ1n) is 9.31. The lowest BCUT2D eigenvalue weighted by atomic mass is 9.94. The SMILES string of the molecule is O=C(O)Cn1nccc1C1CCCN(C(=O)c2cc3c([nH]c2=O)CCC3)C1. The van der Waals surface area contributed by atoms with E-state index in [-0.39, 0.29) is 29.5 Å². The monoisotopic (exact) mass is 370 g/mol. The molecule has 4 rings (SSSR count). The summed E-state index contributed by atoms with van der Waals surface area (Å²) in [7, 11) is 0. The number of carbonyl (C=O) groups is 2. The van der Waals surface area contributed by atoms with Gasteiger partial charge in [-0.2, -0.15) is 5.10 Å². The fraction of sp³-hybridized carbons (Fsp3) is 0.474. The molecule has 2 aliphatic rings. The van der Waals surface area contributed by atoms with Crippen molar-refractivity contribution in [2.45, 2.75) is 44.6 Å². The van der Waals surface area contributed by atoms with E-state index in [0.29, 0.717) is 13.1 Å². The summed E-state index contributed by atoms with van der Waals surface area (Å²) in [6.45, 7) is 0.858. The maximum atomic E-state index is 13.0. The zero-order valence-corrected chi connectivity index (χ0v) is 15.0. The number of carboxylic acids is 1. The first-order valence-corrected chi connectivity index (χ1v) is 9.31. The number of hydrogen-bond donors (Lipinski definition) is 2. The van der Waals surface area contributed by atoms with E-state index in [2.05, 4.69) is 10.1 Å². The van der Waals surface area contributed by atoms with Crippen molar-refractivity contribution in [2.24, 2.45) is 0 Å². The third-order valence-electron chi connectivity index (χ3n) is 5.48. The Morgan fingerprint density at radius 3 is 2.96 bits per heavy atom. The number of H-pyrrole nitrogens is 1. The molecule has 8 heteroatoms. The minimum Gasteiger partial charge on any atom is -0.480 e. The maximum absolute atomic E-state index is 13.0. The number of piperidine rings is 1. The van der Waals surface area contributed by atoms with Crippen LogP contribution in [0.5, 0.6) is 0 Å². The molecule has 2 aromatic rings. The van der Waals surface area contributed by atoms with Crippen LogP contribution in [-0.4, -0.2) is 49.7 Å². The lowest BCUT2D eigenvalue weighted by molar-refractivity contribution is -0.137. The van der Waals surface area contributed by atoms with Crippen molar-refractivity contribution in [2.75, 3.05) is 13.1 Å². The number of aliphatic carboxylic acids is 1. The predicted octanol–water partition coefficient (Wildman–Crippen LogP) is 1.16. The fourth-order valence-electron chi connectivity index (χ4n) is 4.20. The highest BCUT2D eigenvalue weighted by atomic mass is 16.4. The van der Waals surface area contributed by atoms with Crippen molar-refractivity contribution in [3.8, 4) is 0 Å². The normalized spacial score (nSPS) is 19.1. The van der Waals surface area contributed by atoms with Gasteiger partial charge in [-0.05, 0) is 49.8 Å². The molecule has 0 aromatic carbocycles. The average Bonchev–Trinajstić information content (AvgIpc) is 3.29. The van der Waals surface area contributed by atoms with Crippen LogP contribution in [0.3, 0.4) is 0 Å². The number of fused-ring (bicyclic) bond motifs is 1. The molecule has 1 unspecified atom stereocenters. The Balaban J connectivity index is 1.55. The fourth-order valence-corrected chi connectivity index (χ4v) is 4.20. The molecule has 1 aliphatic carbocycles. The van der Waals surface area contributed by atoms with Crippen LogP contribution in [0.15, 0.2) is 23.1 Å². The highest BCUT2D eigenvalue weighted by Crippen LogP contribution is 2.28. The van der Waals surface area contributed by atoms with Gasteiger partial charge in [0.15, 0.2) is 0 Å². The minimum atomic E-state index is -0.951. The number of carboxylic acid groups (broad SMARTS) is 1. The van der Waals surface area contributed by atoms with Crippen molar-refractivity contribution in [3.63, 3.8) is 0 Å². The van der Waals surface area contributed by atoms with Crippen LogP contribution >= 0.6 is 0 Å². The topological polar surface area (TPSA) is 108 Å². The number of likely N-dealkylation sites (tertiary alicyclic amines) is 1. The molecule has 8 nitrogen and oxygen atoms in total. The van der Waals surface area contributed by atoms with Gasteiger partial charge >= 0.3 is 5.97 Å². The summed E-state index contributed by atoms with van der Waals surface area (Å²) in [6, 6.07) is 3.56. The lowest BCUT2D eigenvalue weighted by Gasteiger charge is -2.33. The maximum Gasteiger partial charge on any atom is 0.325 e. The third kappa shape index (κ3) is 3.39. The van der Waals surface area contributed by atoms with E-state index >= 15 is 0 Å². The van der Waals surface area contributed by atoms with Crippen LogP contribution < -0.4 is 5.56 Å². The van der Waals surface area contributed by atoms with E-state index in [0.717, 1.165) is 49.1 Å². The zero-order valence-electron chi connectivity index (χ0n) is 15.0. The number of nitrogens with zero attached hydrogens (tertiary/aromatic N) is 3. The predicted molar refractivity (Wildman–Crippen MR) is 96.8 cm³/mol. The van der Waals surface area contributed by atoms with Crippen LogP contribution in [0.4, 0.5) is 0 Å². The number of aryl methyl sites for hydroxylation is 2. The van der Waals surface area contributed by atoms with Gasteiger partial charge in [0.2, 0.25) is 0 Å². The van der Waals surface area contributed by atoms with Gasteiger partial charge in [-0.3, -0.25) is 19.1 Å².